The van der Waals surface area contributed by atoms with Crippen LogP contribution in [-0.4, -0.2) is 43.8 Å². The first kappa shape index (κ1) is 42.1. The van der Waals surface area contributed by atoms with E-state index >= 15 is 0 Å². The van der Waals surface area contributed by atoms with Crippen LogP contribution in [0.2, 0.25) is 0 Å². The van der Waals surface area contributed by atoms with Crippen molar-refractivity contribution in [3.63, 3.8) is 0 Å². The van der Waals surface area contributed by atoms with Gasteiger partial charge >= 0.3 is 0 Å². The molecule has 0 saturated heterocycles. The van der Waals surface area contributed by atoms with E-state index in [1.165, 1.54) is 105 Å². The molecule has 13 rings (SSSR count). The number of aromatic nitrogens is 1. The minimum atomic E-state index is -0.583. The molecule has 3 nitrogen and oxygen atoms in total. The molecule has 2 aliphatic carbocycles. The fourth-order valence-corrected chi connectivity index (χ4v) is 12.5. The van der Waals surface area contributed by atoms with Gasteiger partial charge in [0.15, 0.2) is 0 Å². The van der Waals surface area contributed by atoms with Gasteiger partial charge < -0.3 is 14.4 Å². The van der Waals surface area contributed by atoms with Gasteiger partial charge in [-0.15, -0.1) is 16.4 Å². The van der Waals surface area contributed by atoms with Crippen LogP contribution in [0.25, 0.3) is 55.2 Å². The van der Waals surface area contributed by atoms with Crippen LogP contribution in [0.1, 0.15) is 22.3 Å². The molecule has 0 N–H and O–H groups in total. The van der Waals surface area contributed by atoms with Gasteiger partial charge in [-0.3, -0.25) is 0 Å². The molecule has 1 spiro atoms. The lowest BCUT2D eigenvalue weighted by Gasteiger charge is -2.33. The highest BCUT2D eigenvalue weighted by atomic mass is 15.2. The van der Waals surface area contributed by atoms with E-state index in [0.29, 0.717) is 0 Å². The van der Waals surface area contributed by atoms with Crippen LogP contribution in [-0.2, 0) is 12.5 Å². The summed E-state index contributed by atoms with van der Waals surface area (Å²) in [5, 5.41) is 2.50. The van der Waals surface area contributed by atoms with Gasteiger partial charge in [0.25, 0.3) is 0 Å². The first-order valence-corrected chi connectivity index (χ1v) is 24.6. The topological polar surface area (TPSA) is 11.4 Å². The number of hydrogen-bond acceptors (Lipinski definition) is 2. The van der Waals surface area contributed by atoms with Gasteiger partial charge in [0.05, 0.1) is 16.6 Å². The minimum absolute atomic E-state index is 0.583. The molecule has 8 heteroatoms. The molecule has 11 aromatic rings. The van der Waals surface area contributed by atoms with E-state index in [1.807, 2.05) is 0 Å². The van der Waals surface area contributed by atoms with Crippen LogP contribution in [0, 0.1) is 0 Å². The molecular weight excluding hydrogens is 841 g/mol. The van der Waals surface area contributed by atoms with Gasteiger partial charge in [0.1, 0.15) is 39.2 Å². The van der Waals surface area contributed by atoms with Crippen molar-refractivity contribution in [1.29, 1.82) is 0 Å². The summed E-state index contributed by atoms with van der Waals surface area (Å²) >= 11 is 0. The van der Waals surface area contributed by atoms with Gasteiger partial charge in [0.2, 0.25) is 0 Å². The maximum Gasteiger partial charge on any atom is 0.139 e. The normalized spacial score (nSPS) is 14.1. The van der Waals surface area contributed by atoms with E-state index in [9.17, 15) is 0 Å². The molecule has 1 heterocycles. The van der Waals surface area contributed by atoms with Crippen molar-refractivity contribution in [3.05, 3.63) is 235 Å². The highest BCUT2D eigenvalue weighted by Crippen LogP contribution is 2.64. The fourth-order valence-electron chi connectivity index (χ4n) is 12.5. The van der Waals surface area contributed by atoms with Crippen LogP contribution >= 0.6 is 0 Å². The van der Waals surface area contributed by atoms with Gasteiger partial charge in [-0.2, -0.15) is 0 Å². The zero-order valence-corrected chi connectivity index (χ0v) is 40.5. The summed E-state index contributed by atoms with van der Waals surface area (Å²) in [7, 11) is 13.6. The molecule has 0 bridgehead atoms. The van der Waals surface area contributed by atoms with Crippen molar-refractivity contribution in [2.24, 2.45) is 7.05 Å². The van der Waals surface area contributed by atoms with Crippen LogP contribution in [0.4, 0.5) is 34.1 Å². The summed E-state index contributed by atoms with van der Waals surface area (Å²) in [6.45, 7) is 0. The van der Waals surface area contributed by atoms with E-state index in [-0.39, 0.29) is 0 Å². The van der Waals surface area contributed by atoms with Crippen molar-refractivity contribution in [2.75, 3.05) is 9.80 Å². The average molecular weight is 889 g/mol. The zero-order valence-electron chi connectivity index (χ0n) is 40.5. The van der Waals surface area contributed by atoms with Crippen molar-refractivity contribution >= 4 is 122 Å². The molecule has 0 aliphatic heterocycles. The highest BCUT2D eigenvalue weighted by Gasteiger charge is 2.52. The molecule has 326 valence electrons. The van der Waals surface area contributed by atoms with Gasteiger partial charge in [-0.25, -0.2) is 0 Å². The SMILES string of the molecule is Bc1c(B)c(B)c(-c2ccc(N(c3ccc4c(c3)C3(c5ccccc5-c5ccc(N(c6ccccc6)c6ccccc6)cc53)c3ccccc3-4)c3cccc4c5ccccc5n(C)c34)cc2)c(B)c1B. The van der Waals surface area contributed by atoms with E-state index in [4.69, 9.17) is 0 Å². The molecule has 10 aromatic carbocycles. The molecule has 1 aromatic heterocycles. The second-order valence-electron chi connectivity index (χ2n) is 19.4. The molecule has 0 fully saturated rings. The number of hydrogen-bond donors (Lipinski definition) is 0. The number of nitrogens with zero attached hydrogens (tertiary/aromatic N) is 3. The second kappa shape index (κ2) is 16.0. The number of anilines is 6. The summed E-state index contributed by atoms with van der Waals surface area (Å²) in [6, 6.07) is 79.3. The Morgan fingerprint density at radius 3 is 1.39 bits per heavy atom. The summed E-state index contributed by atoms with van der Waals surface area (Å²) in [4.78, 5) is 4.91. The molecule has 2 aliphatic rings. The Hall–Kier alpha value is -8.08. The van der Waals surface area contributed by atoms with Crippen molar-refractivity contribution in [1.82, 2.24) is 4.57 Å². The molecule has 1 atom stereocenters. The second-order valence-corrected chi connectivity index (χ2v) is 19.4. The fraction of sp³-hybridized carbons (Fsp3) is 0.0323. The number of benzene rings is 10. The maximum atomic E-state index is 2.52. The summed E-state index contributed by atoms with van der Waals surface area (Å²) in [5.41, 5.74) is 28.3. The molecule has 0 radical (unpaired) electrons. The summed E-state index contributed by atoms with van der Waals surface area (Å²) in [5.74, 6) is 0. The quantitative estimate of drug-likeness (QED) is 0.153. The Labute approximate surface area is 415 Å². The van der Waals surface area contributed by atoms with Crippen molar-refractivity contribution in [3.8, 4) is 33.4 Å². The Kier molecular flexibility index (Phi) is 9.62. The number of aryl methyl sites for hydroxylation is 1. The van der Waals surface area contributed by atoms with E-state index in [0.717, 1.165) is 34.1 Å². The van der Waals surface area contributed by atoms with Crippen LogP contribution < -0.4 is 37.1 Å². The van der Waals surface area contributed by atoms with Crippen molar-refractivity contribution in [2.45, 2.75) is 5.41 Å². The van der Waals surface area contributed by atoms with Crippen LogP contribution in [0.5, 0.6) is 0 Å². The Balaban J connectivity index is 1.07. The Morgan fingerprint density at radius 1 is 0.357 bits per heavy atom. The number of rotatable bonds is 7. The van der Waals surface area contributed by atoms with E-state index in [2.05, 4.69) is 273 Å². The average Bonchev–Trinajstić information content (AvgIpc) is 3.99. The Morgan fingerprint density at radius 2 is 0.800 bits per heavy atom. The van der Waals surface area contributed by atoms with E-state index < -0.39 is 5.41 Å². The van der Waals surface area contributed by atoms with E-state index in [1.54, 1.807) is 0 Å². The third kappa shape index (κ3) is 5.95. The molecule has 0 amide bonds. The van der Waals surface area contributed by atoms with Gasteiger partial charge in [0, 0.05) is 51.8 Å². The monoisotopic (exact) mass is 889 g/mol. The highest BCUT2D eigenvalue weighted by molar-refractivity contribution is 6.68. The molecular formula is C62H48B5N3. The first-order valence-electron chi connectivity index (χ1n) is 24.6. The Bertz CT molecular complexity index is 3840. The lowest BCUT2D eigenvalue weighted by molar-refractivity contribution is 0.793. The molecule has 70 heavy (non-hydrogen) atoms. The smallest absolute Gasteiger partial charge is 0.139 e. The predicted molar refractivity (Wildman–Crippen MR) is 312 cm³/mol. The lowest BCUT2D eigenvalue weighted by atomic mass is 9.60. The largest absolute Gasteiger partial charge is 0.342 e. The van der Waals surface area contributed by atoms with Gasteiger partial charge in [-0.1, -0.05) is 150 Å². The first-order chi connectivity index (χ1) is 34.3. The third-order valence-electron chi connectivity index (χ3n) is 16.2. The summed E-state index contributed by atoms with van der Waals surface area (Å²) < 4.78 is 2.38. The van der Waals surface area contributed by atoms with Gasteiger partial charge in [-0.05, 0) is 128 Å². The van der Waals surface area contributed by atoms with Crippen LogP contribution in [0.3, 0.4) is 0 Å². The lowest BCUT2D eigenvalue weighted by Crippen LogP contribution is -2.55. The van der Waals surface area contributed by atoms with Crippen LogP contribution in [0.15, 0.2) is 212 Å². The van der Waals surface area contributed by atoms with Crippen molar-refractivity contribution < 1.29 is 0 Å². The minimum Gasteiger partial charge on any atom is -0.342 e. The third-order valence-corrected chi connectivity index (χ3v) is 16.2. The maximum absolute atomic E-state index is 2.52. The predicted octanol–water partition coefficient (Wildman–Crippen LogP) is 7.57. The molecule has 1 unspecified atom stereocenters. The number of fused-ring (bicyclic) bond motifs is 13. The molecule has 0 saturated carbocycles. The summed E-state index contributed by atoms with van der Waals surface area (Å²) in [6.07, 6.45) is 0. The standard InChI is InChI=1S/C62H48B5N3/c1-68-53-25-13-10-21-47(53)48-22-14-26-54(61(48)68)70(40-29-27-37(28-30-40)55-56(63)58(65)60(67)59(66)57(55)64)42-32-34-46-44-20-9-12-24-50(44)62(52(46)36-42)49-23-11-8-19-43(49)45-33-31-41(35-51(45)62)69(38-15-4-2-5-16-38)39-17-6-3-7-18-39/h2-36H,63-67H2,1H3. The number of para-hydroxylation sites is 4. The zero-order chi connectivity index (χ0) is 47.4.